The molecule has 0 atom stereocenters. The first-order valence-electron chi connectivity index (χ1n) is 4.56. The molecule has 1 aromatic heterocycles. The molecular formula is C10H9FN2O2. The zero-order chi connectivity index (χ0) is 11.0. The number of aromatic amines is 1. The molecule has 0 saturated carbocycles. The van der Waals surface area contributed by atoms with E-state index in [1.54, 1.807) is 6.92 Å². The van der Waals surface area contributed by atoms with E-state index in [1.807, 2.05) is 0 Å². The van der Waals surface area contributed by atoms with E-state index in [2.05, 4.69) is 5.10 Å². The SMILES string of the molecule is CCn1[nH]c(=O)c2ccc(F)cc2c1=O. The highest BCUT2D eigenvalue weighted by Crippen LogP contribution is 2.06. The van der Waals surface area contributed by atoms with E-state index in [4.69, 9.17) is 0 Å². The molecule has 1 heterocycles. The Labute approximate surface area is 83.9 Å². The van der Waals surface area contributed by atoms with Gasteiger partial charge in [0, 0.05) is 6.54 Å². The Bertz CT molecular complexity index is 627. The van der Waals surface area contributed by atoms with Gasteiger partial charge in [-0.25, -0.2) is 9.07 Å². The van der Waals surface area contributed by atoms with E-state index in [-0.39, 0.29) is 21.9 Å². The van der Waals surface area contributed by atoms with Gasteiger partial charge >= 0.3 is 0 Å². The summed E-state index contributed by atoms with van der Waals surface area (Å²) >= 11 is 0. The van der Waals surface area contributed by atoms with Gasteiger partial charge in [-0.15, -0.1) is 0 Å². The van der Waals surface area contributed by atoms with Crippen molar-refractivity contribution in [2.45, 2.75) is 13.5 Å². The maximum absolute atomic E-state index is 12.9. The first kappa shape index (κ1) is 9.64. The highest BCUT2D eigenvalue weighted by molar-refractivity contribution is 5.80. The van der Waals surface area contributed by atoms with Gasteiger partial charge in [-0.05, 0) is 25.1 Å². The maximum Gasteiger partial charge on any atom is 0.273 e. The lowest BCUT2D eigenvalue weighted by Crippen LogP contribution is -2.29. The number of fused-ring (bicyclic) bond motifs is 1. The van der Waals surface area contributed by atoms with Gasteiger partial charge in [-0.1, -0.05) is 0 Å². The molecule has 0 unspecified atom stereocenters. The van der Waals surface area contributed by atoms with Crippen LogP contribution in [0.5, 0.6) is 0 Å². The Morgan fingerprint density at radius 2 is 2.07 bits per heavy atom. The number of benzene rings is 1. The van der Waals surface area contributed by atoms with Gasteiger partial charge in [0.1, 0.15) is 5.82 Å². The summed E-state index contributed by atoms with van der Waals surface area (Å²) in [5.41, 5.74) is -0.766. The van der Waals surface area contributed by atoms with Gasteiger partial charge in [0.05, 0.1) is 10.8 Å². The Hall–Kier alpha value is -1.91. The summed E-state index contributed by atoms with van der Waals surface area (Å²) in [5, 5.41) is 2.74. The fraction of sp³-hybridized carbons (Fsp3) is 0.200. The van der Waals surface area contributed by atoms with Crippen LogP contribution in [0, 0.1) is 5.82 Å². The fourth-order valence-electron chi connectivity index (χ4n) is 1.49. The highest BCUT2D eigenvalue weighted by atomic mass is 19.1. The second-order valence-corrected chi connectivity index (χ2v) is 3.18. The van der Waals surface area contributed by atoms with Gasteiger partial charge in [-0.2, -0.15) is 0 Å². The van der Waals surface area contributed by atoms with Crippen molar-refractivity contribution in [1.29, 1.82) is 0 Å². The average Bonchev–Trinajstić information content (AvgIpc) is 2.23. The van der Waals surface area contributed by atoms with Gasteiger partial charge in [-0.3, -0.25) is 14.7 Å². The molecule has 1 aromatic carbocycles. The summed E-state index contributed by atoms with van der Waals surface area (Å²) in [5.74, 6) is -0.521. The molecule has 0 amide bonds. The molecule has 0 aliphatic rings. The van der Waals surface area contributed by atoms with Gasteiger partial charge in [0.2, 0.25) is 0 Å². The molecule has 0 saturated heterocycles. The van der Waals surface area contributed by atoms with Gasteiger partial charge in [0.15, 0.2) is 0 Å². The monoisotopic (exact) mass is 208 g/mol. The van der Waals surface area contributed by atoms with Crippen molar-refractivity contribution in [3.8, 4) is 0 Å². The smallest absolute Gasteiger partial charge is 0.267 e. The number of aromatic nitrogens is 2. The van der Waals surface area contributed by atoms with Gasteiger partial charge in [0.25, 0.3) is 11.1 Å². The number of halogens is 1. The van der Waals surface area contributed by atoms with Crippen molar-refractivity contribution < 1.29 is 4.39 Å². The Morgan fingerprint density at radius 3 is 2.73 bits per heavy atom. The van der Waals surface area contributed by atoms with Gasteiger partial charge < -0.3 is 0 Å². The number of nitrogens with one attached hydrogen (secondary N) is 1. The van der Waals surface area contributed by atoms with Crippen LogP contribution in [0.4, 0.5) is 4.39 Å². The zero-order valence-corrected chi connectivity index (χ0v) is 8.08. The van der Waals surface area contributed by atoms with E-state index in [0.717, 1.165) is 16.8 Å². The van der Waals surface area contributed by atoms with E-state index < -0.39 is 5.82 Å². The molecular weight excluding hydrogens is 199 g/mol. The predicted octanol–water partition coefficient (Wildman–Crippen LogP) is 0.849. The van der Waals surface area contributed by atoms with Crippen LogP contribution >= 0.6 is 0 Å². The number of rotatable bonds is 1. The molecule has 2 aromatic rings. The van der Waals surface area contributed by atoms with E-state index >= 15 is 0 Å². The number of aryl methyl sites for hydroxylation is 1. The Kier molecular flexibility index (Phi) is 2.15. The second-order valence-electron chi connectivity index (χ2n) is 3.18. The first-order chi connectivity index (χ1) is 7.13. The summed E-state index contributed by atoms with van der Waals surface area (Å²) in [6.07, 6.45) is 0. The number of hydrogen-bond donors (Lipinski definition) is 1. The molecule has 0 bridgehead atoms. The predicted molar refractivity (Wildman–Crippen MR) is 54.5 cm³/mol. The zero-order valence-electron chi connectivity index (χ0n) is 8.08. The summed E-state index contributed by atoms with van der Waals surface area (Å²) in [6, 6.07) is 3.55. The van der Waals surface area contributed by atoms with Crippen LogP contribution in [0.2, 0.25) is 0 Å². The quantitative estimate of drug-likeness (QED) is 0.755. The van der Waals surface area contributed by atoms with Crippen molar-refractivity contribution in [1.82, 2.24) is 9.78 Å². The lowest BCUT2D eigenvalue weighted by atomic mass is 10.2. The normalized spacial score (nSPS) is 10.8. The molecule has 1 N–H and O–H groups in total. The molecule has 0 aliphatic carbocycles. The highest BCUT2D eigenvalue weighted by Gasteiger charge is 2.06. The Morgan fingerprint density at radius 1 is 1.33 bits per heavy atom. The third kappa shape index (κ3) is 1.45. The van der Waals surface area contributed by atoms with Crippen molar-refractivity contribution in [2.75, 3.05) is 0 Å². The van der Waals surface area contributed by atoms with Crippen LogP contribution in [0.1, 0.15) is 6.92 Å². The van der Waals surface area contributed by atoms with E-state index in [1.165, 1.54) is 6.07 Å². The maximum atomic E-state index is 12.9. The summed E-state index contributed by atoms with van der Waals surface area (Å²) in [4.78, 5) is 23.2. The van der Waals surface area contributed by atoms with Crippen LogP contribution in [0.25, 0.3) is 10.8 Å². The Balaban J connectivity index is 3.01. The van der Waals surface area contributed by atoms with Crippen LogP contribution in [-0.4, -0.2) is 9.78 Å². The van der Waals surface area contributed by atoms with Crippen molar-refractivity contribution >= 4 is 10.8 Å². The summed E-state index contributed by atoms with van der Waals surface area (Å²) in [6.45, 7) is 2.07. The molecule has 78 valence electrons. The average molecular weight is 208 g/mol. The van der Waals surface area contributed by atoms with Crippen LogP contribution in [0.15, 0.2) is 27.8 Å². The topological polar surface area (TPSA) is 54.9 Å². The van der Waals surface area contributed by atoms with Crippen molar-refractivity contribution in [3.05, 3.63) is 44.7 Å². The molecule has 2 rings (SSSR count). The molecule has 5 heteroatoms. The minimum atomic E-state index is -0.521. The second kappa shape index (κ2) is 3.34. The number of nitrogens with zero attached hydrogens (tertiary/aromatic N) is 1. The molecule has 0 radical (unpaired) electrons. The van der Waals surface area contributed by atoms with Crippen molar-refractivity contribution in [3.63, 3.8) is 0 Å². The first-order valence-corrected chi connectivity index (χ1v) is 4.56. The standard InChI is InChI=1S/C10H9FN2O2/c1-2-13-10(15)8-5-6(11)3-4-7(8)9(14)12-13/h3-5H,2H2,1H3,(H,12,14). The van der Waals surface area contributed by atoms with E-state index in [9.17, 15) is 14.0 Å². The third-order valence-corrected chi connectivity index (χ3v) is 2.25. The fourth-order valence-corrected chi connectivity index (χ4v) is 1.49. The minimum Gasteiger partial charge on any atom is -0.267 e. The van der Waals surface area contributed by atoms with Crippen molar-refractivity contribution in [2.24, 2.45) is 0 Å². The summed E-state index contributed by atoms with van der Waals surface area (Å²) in [7, 11) is 0. The lowest BCUT2D eigenvalue weighted by Gasteiger charge is -2.03. The minimum absolute atomic E-state index is 0.112. The molecule has 0 spiro atoms. The lowest BCUT2D eigenvalue weighted by molar-refractivity contribution is 0.609. The largest absolute Gasteiger partial charge is 0.273 e. The number of hydrogen-bond acceptors (Lipinski definition) is 2. The summed E-state index contributed by atoms with van der Waals surface area (Å²) < 4.78 is 14.1. The molecule has 4 nitrogen and oxygen atoms in total. The third-order valence-electron chi connectivity index (χ3n) is 2.25. The van der Waals surface area contributed by atoms with Crippen LogP contribution < -0.4 is 11.1 Å². The van der Waals surface area contributed by atoms with E-state index in [0.29, 0.717) is 6.54 Å². The molecule has 0 aliphatic heterocycles. The number of H-pyrrole nitrogens is 1. The molecule has 15 heavy (non-hydrogen) atoms. The van der Waals surface area contributed by atoms with Crippen LogP contribution in [0.3, 0.4) is 0 Å². The van der Waals surface area contributed by atoms with Crippen LogP contribution in [-0.2, 0) is 6.54 Å². The molecule has 0 fully saturated rings.